The third kappa shape index (κ3) is 3.16. The molecule has 0 bridgehead atoms. The Kier molecular flexibility index (Phi) is 5.28. The van der Waals surface area contributed by atoms with Gasteiger partial charge in [0.15, 0.2) is 0 Å². The zero-order chi connectivity index (χ0) is 21.5. The lowest BCUT2D eigenvalue weighted by Crippen LogP contribution is -2.68. The van der Waals surface area contributed by atoms with E-state index in [1.54, 1.807) is 7.11 Å². The molecule has 2 aromatic carbocycles. The average molecular weight is 409 g/mol. The Bertz CT molecular complexity index is 918. The van der Waals surface area contributed by atoms with Crippen LogP contribution in [-0.4, -0.2) is 53.5 Å². The molecule has 0 radical (unpaired) electrons. The van der Waals surface area contributed by atoms with E-state index in [9.17, 15) is 14.7 Å². The van der Waals surface area contributed by atoms with Crippen LogP contribution in [0.3, 0.4) is 0 Å². The summed E-state index contributed by atoms with van der Waals surface area (Å²) in [5.74, 6) is -1.08. The molecule has 0 unspecified atom stereocenters. The van der Waals surface area contributed by atoms with E-state index in [0.29, 0.717) is 0 Å². The summed E-state index contributed by atoms with van der Waals surface area (Å²) in [5.41, 5.74) is 3.27. The third-order valence-electron chi connectivity index (χ3n) is 6.37. The topological polar surface area (TPSA) is 76.1 Å². The quantitative estimate of drug-likeness (QED) is 0.771. The van der Waals surface area contributed by atoms with Crippen molar-refractivity contribution in [2.24, 2.45) is 0 Å². The number of nitrogens with zero attached hydrogens (tertiary/aromatic N) is 1. The molecule has 4 rings (SSSR count). The summed E-state index contributed by atoms with van der Waals surface area (Å²) in [5, 5.41) is 9.90. The Morgan fingerprint density at radius 1 is 1.07 bits per heavy atom. The van der Waals surface area contributed by atoms with Crippen LogP contribution in [0.15, 0.2) is 48.5 Å². The van der Waals surface area contributed by atoms with Gasteiger partial charge in [-0.25, -0.2) is 9.59 Å². The van der Waals surface area contributed by atoms with Crippen LogP contribution >= 0.6 is 0 Å². The number of carboxylic acid groups (broad SMARTS) is 1. The molecule has 0 spiro atoms. The highest BCUT2D eigenvalue weighted by Gasteiger charge is 2.58. The number of methoxy groups -OCH3 is 1. The summed E-state index contributed by atoms with van der Waals surface area (Å²) in [4.78, 5) is 26.6. The normalized spacial score (nSPS) is 22.2. The summed E-state index contributed by atoms with van der Waals surface area (Å²) in [6.45, 7) is 3.79. The molecule has 158 valence electrons. The highest BCUT2D eigenvalue weighted by atomic mass is 16.6. The summed E-state index contributed by atoms with van der Waals surface area (Å²) in [7, 11) is 1.56. The van der Waals surface area contributed by atoms with Gasteiger partial charge in [-0.15, -0.1) is 0 Å². The van der Waals surface area contributed by atoms with Crippen molar-refractivity contribution in [1.82, 2.24) is 4.90 Å². The molecule has 2 aromatic rings. The van der Waals surface area contributed by atoms with Crippen LogP contribution in [0, 0.1) is 0 Å². The molecule has 1 fully saturated rings. The van der Waals surface area contributed by atoms with Crippen LogP contribution < -0.4 is 0 Å². The van der Waals surface area contributed by atoms with Crippen LogP contribution in [0.25, 0.3) is 11.1 Å². The minimum atomic E-state index is -1.28. The number of fused-ring (bicyclic) bond motifs is 3. The van der Waals surface area contributed by atoms with E-state index in [1.807, 2.05) is 38.1 Å². The fourth-order valence-corrected chi connectivity index (χ4v) is 4.88. The van der Waals surface area contributed by atoms with E-state index in [4.69, 9.17) is 9.47 Å². The van der Waals surface area contributed by atoms with Crippen molar-refractivity contribution in [2.45, 2.75) is 50.3 Å². The van der Waals surface area contributed by atoms with Crippen LogP contribution in [-0.2, 0) is 14.3 Å². The molecule has 6 heteroatoms. The van der Waals surface area contributed by atoms with Crippen molar-refractivity contribution < 1.29 is 24.2 Å². The molecule has 0 saturated heterocycles. The summed E-state index contributed by atoms with van der Waals surface area (Å²) in [6.07, 6.45) is -0.227. The Labute approximate surface area is 176 Å². The molecule has 0 aliphatic heterocycles. The standard InChI is InChI=1S/C24H27NO5/c1-15(2)25(24(22(26)27)12-16(13-24)29-3)23(28)30-14-21-19-10-6-4-8-17(19)18-9-5-7-11-20(18)21/h4-11,15-16,21H,12-14H2,1-3H3,(H,26,27). The monoisotopic (exact) mass is 409 g/mol. The lowest BCUT2D eigenvalue weighted by molar-refractivity contribution is -0.170. The molecule has 1 saturated carbocycles. The zero-order valence-corrected chi connectivity index (χ0v) is 17.5. The number of carbonyl (C=O) groups is 2. The van der Waals surface area contributed by atoms with Gasteiger partial charge in [-0.05, 0) is 36.1 Å². The van der Waals surface area contributed by atoms with Crippen molar-refractivity contribution in [2.75, 3.05) is 13.7 Å². The molecular weight excluding hydrogens is 382 g/mol. The molecular formula is C24H27NO5. The first-order valence-corrected chi connectivity index (χ1v) is 10.3. The summed E-state index contributed by atoms with van der Waals surface area (Å²) in [6, 6.07) is 15.9. The van der Waals surface area contributed by atoms with Gasteiger partial charge < -0.3 is 14.6 Å². The van der Waals surface area contributed by atoms with Gasteiger partial charge in [0, 0.05) is 31.9 Å². The number of carboxylic acids is 1. The molecule has 0 aromatic heterocycles. The molecule has 0 heterocycles. The first-order chi connectivity index (χ1) is 14.4. The molecule has 0 atom stereocenters. The number of amides is 1. The Balaban J connectivity index is 1.56. The number of hydrogen-bond donors (Lipinski definition) is 1. The van der Waals surface area contributed by atoms with Crippen molar-refractivity contribution in [3.8, 4) is 11.1 Å². The second-order valence-corrected chi connectivity index (χ2v) is 8.37. The molecule has 30 heavy (non-hydrogen) atoms. The predicted octanol–water partition coefficient (Wildman–Crippen LogP) is 4.28. The smallest absolute Gasteiger partial charge is 0.410 e. The highest BCUT2D eigenvalue weighted by molar-refractivity contribution is 5.86. The fraction of sp³-hybridized carbons (Fsp3) is 0.417. The van der Waals surface area contributed by atoms with Crippen molar-refractivity contribution in [3.05, 3.63) is 59.7 Å². The SMILES string of the molecule is COC1CC(C(=O)O)(N(C(=O)OCC2c3ccccc3-c3ccccc32)C(C)C)C1. The van der Waals surface area contributed by atoms with Gasteiger partial charge in [0.25, 0.3) is 0 Å². The lowest BCUT2D eigenvalue weighted by atomic mass is 9.72. The second kappa shape index (κ2) is 7.76. The Morgan fingerprint density at radius 3 is 2.07 bits per heavy atom. The molecule has 1 N–H and O–H groups in total. The number of ether oxygens (including phenoxy) is 2. The second-order valence-electron chi connectivity index (χ2n) is 8.37. The first kappa shape index (κ1) is 20.4. The molecule has 2 aliphatic rings. The van der Waals surface area contributed by atoms with E-state index < -0.39 is 17.6 Å². The number of carbonyl (C=O) groups excluding carboxylic acids is 1. The van der Waals surface area contributed by atoms with E-state index in [0.717, 1.165) is 22.3 Å². The number of rotatable bonds is 6. The minimum absolute atomic E-state index is 0.0655. The maximum Gasteiger partial charge on any atom is 0.410 e. The van der Waals surface area contributed by atoms with Crippen LogP contribution in [0.2, 0.25) is 0 Å². The highest BCUT2D eigenvalue weighted by Crippen LogP contribution is 2.45. The van der Waals surface area contributed by atoms with Gasteiger partial charge in [-0.3, -0.25) is 4.90 Å². The van der Waals surface area contributed by atoms with E-state index in [1.165, 1.54) is 4.90 Å². The van der Waals surface area contributed by atoms with E-state index in [-0.39, 0.29) is 37.5 Å². The largest absolute Gasteiger partial charge is 0.479 e. The van der Waals surface area contributed by atoms with Gasteiger partial charge in [-0.2, -0.15) is 0 Å². The maximum absolute atomic E-state index is 13.1. The molecule has 6 nitrogen and oxygen atoms in total. The van der Waals surface area contributed by atoms with Gasteiger partial charge in [0.05, 0.1) is 6.10 Å². The minimum Gasteiger partial charge on any atom is -0.479 e. The molecule has 1 amide bonds. The zero-order valence-electron chi connectivity index (χ0n) is 17.5. The first-order valence-electron chi connectivity index (χ1n) is 10.3. The van der Waals surface area contributed by atoms with Gasteiger partial charge in [0.2, 0.25) is 0 Å². The fourth-order valence-electron chi connectivity index (χ4n) is 4.88. The third-order valence-corrected chi connectivity index (χ3v) is 6.37. The van der Waals surface area contributed by atoms with Gasteiger partial charge in [-0.1, -0.05) is 48.5 Å². The summed E-state index contributed by atoms with van der Waals surface area (Å²) < 4.78 is 11.0. The predicted molar refractivity (Wildman–Crippen MR) is 112 cm³/mol. The molecule has 2 aliphatic carbocycles. The van der Waals surface area contributed by atoms with Gasteiger partial charge in [0.1, 0.15) is 12.1 Å². The Hall–Kier alpha value is -2.86. The average Bonchev–Trinajstić information content (AvgIpc) is 3.02. The Morgan fingerprint density at radius 2 is 1.60 bits per heavy atom. The number of benzene rings is 2. The lowest BCUT2D eigenvalue weighted by Gasteiger charge is -2.51. The van der Waals surface area contributed by atoms with Crippen molar-refractivity contribution in [3.63, 3.8) is 0 Å². The number of aliphatic carboxylic acids is 1. The van der Waals surface area contributed by atoms with Crippen LogP contribution in [0.4, 0.5) is 4.79 Å². The van der Waals surface area contributed by atoms with Gasteiger partial charge >= 0.3 is 12.1 Å². The van der Waals surface area contributed by atoms with Crippen LogP contribution in [0.5, 0.6) is 0 Å². The number of hydrogen-bond acceptors (Lipinski definition) is 4. The van der Waals surface area contributed by atoms with Crippen molar-refractivity contribution in [1.29, 1.82) is 0 Å². The summed E-state index contributed by atoms with van der Waals surface area (Å²) >= 11 is 0. The maximum atomic E-state index is 13.1. The van der Waals surface area contributed by atoms with Crippen molar-refractivity contribution >= 4 is 12.1 Å². The van der Waals surface area contributed by atoms with E-state index >= 15 is 0 Å². The van der Waals surface area contributed by atoms with E-state index in [2.05, 4.69) is 24.3 Å². The van der Waals surface area contributed by atoms with Crippen LogP contribution in [0.1, 0.15) is 43.7 Å².